The Balaban J connectivity index is 2.45. The molecule has 0 aliphatic carbocycles. The van der Waals surface area contributed by atoms with Crippen molar-refractivity contribution < 1.29 is 9.53 Å². The smallest absolute Gasteiger partial charge is 0.153 e. The first kappa shape index (κ1) is 12.5. The van der Waals surface area contributed by atoms with E-state index in [1.165, 1.54) is 6.20 Å². The van der Waals surface area contributed by atoms with E-state index in [2.05, 4.69) is 15.3 Å². The number of aromatic nitrogens is 4. The summed E-state index contributed by atoms with van der Waals surface area (Å²) in [5, 5.41) is 11.2. The Morgan fingerprint density at radius 3 is 2.94 bits per heavy atom. The minimum Gasteiger partial charge on any atom is -0.383 e. The summed E-state index contributed by atoms with van der Waals surface area (Å²) in [7, 11) is 1.66. The molecule has 96 valence electrons. The second-order valence-electron chi connectivity index (χ2n) is 4.08. The molecule has 0 spiro atoms. The summed E-state index contributed by atoms with van der Waals surface area (Å²) in [6.07, 6.45) is 2.32. The van der Waals surface area contributed by atoms with Crippen molar-refractivity contribution in [3.63, 3.8) is 0 Å². The average molecular weight is 248 g/mol. The summed E-state index contributed by atoms with van der Waals surface area (Å²) in [4.78, 5) is 11.0. The number of ether oxygens (including phenoxy) is 1. The van der Waals surface area contributed by atoms with E-state index in [1.807, 2.05) is 18.5 Å². The number of hydrogen-bond acceptors (Lipinski definition) is 4. The monoisotopic (exact) mass is 248 g/mol. The Bertz CT molecular complexity index is 556. The largest absolute Gasteiger partial charge is 0.383 e. The maximum absolute atomic E-state index is 11.0. The Labute approximate surface area is 105 Å². The van der Waals surface area contributed by atoms with Gasteiger partial charge in [0.1, 0.15) is 0 Å². The van der Waals surface area contributed by atoms with Crippen LogP contribution in [0.5, 0.6) is 0 Å². The highest BCUT2D eigenvalue weighted by Gasteiger charge is 2.17. The van der Waals surface area contributed by atoms with Gasteiger partial charge in [0.05, 0.1) is 36.3 Å². The molecular weight excluding hydrogens is 232 g/mol. The first-order valence-electron chi connectivity index (χ1n) is 5.71. The van der Waals surface area contributed by atoms with Crippen molar-refractivity contribution in [2.75, 3.05) is 13.7 Å². The number of aryl methyl sites for hydroxylation is 1. The molecule has 0 unspecified atom stereocenters. The van der Waals surface area contributed by atoms with Crippen LogP contribution < -0.4 is 0 Å². The lowest BCUT2D eigenvalue weighted by molar-refractivity contribution is 0.112. The minimum absolute atomic E-state index is 0.549. The van der Waals surface area contributed by atoms with Gasteiger partial charge in [-0.2, -0.15) is 10.2 Å². The summed E-state index contributed by atoms with van der Waals surface area (Å²) < 4.78 is 6.93. The number of aldehydes is 1. The van der Waals surface area contributed by atoms with Crippen LogP contribution in [0.25, 0.3) is 11.3 Å². The van der Waals surface area contributed by atoms with Crippen LogP contribution in [-0.2, 0) is 11.3 Å². The predicted molar refractivity (Wildman–Crippen MR) is 66.5 cm³/mol. The van der Waals surface area contributed by atoms with Crippen molar-refractivity contribution in [1.29, 1.82) is 0 Å². The average Bonchev–Trinajstić information content (AvgIpc) is 2.91. The zero-order valence-corrected chi connectivity index (χ0v) is 10.7. The van der Waals surface area contributed by atoms with E-state index in [4.69, 9.17) is 4.74 Å². The summed E-state index contributed by atoms with van der Waals surface area (Å²) in [6.45, 7) is 5.18. The van der Waals surface area contributed by atoms with Gasteiger partial charge in [-0.05, 0) is 13.8 Å². The van der Waals surface area contributed by atoms with Crippen molar-refractivity contribution in [1.82, 2.24) is 20.0 Å². The number of nitrogens with one attached hydrogen (secondary N) is 1. The van der Waals surface area contributed by atoms with E-state index >= 15 is 0 Å². The van der Waals surface area contributed by atoms with Crippen LogP contribution in [0.1, 0.15) is 21.7 Å². The van der Waals surface area contributed by atoms with Crippen molar-refractivity contribution in [3.8, 4) is 11.3 Å². The number of methoxy groups -OCH3 is 1. The topological polar surface area (TPSA) is 72.8 Å². The third-order valence-corrected chi connectivity index (χ3v) is 2.93. The molecule has 2 aromatic rings. The van der Waals surface area contributed by atoms with E-state index in [1.54, 1.807) is 7.11 Å². The van der Waals surface area contributed by atoms with Crippen LogP contribution in [0.3, 0.4) is 0 Å². The Morgan fingerprint density at radius 2 is 2.28 bits per heavy atom. The molecule has 2 heterocycles. The zero-order chi connectivity index (χ0) is 13.1. The van der Waals surface area contributed by atoms with Gasteiger partial charge in [-0.3, -0.25) is 14.6 Å². The van der Waals surface area contributed by atoms with Crippen LogP contribution in [0, 0.1) is 13.8 Å². The summed E-state index contributed by atoms with van der Waals surface area (Å²) in [5.74, 6) is 0. The molecule has 0 atom stereocenters. The van der Waals surface area contributed by atoms with Crippen LogP contribution in [0.2, 0.25) is 0 Å². The quantitative estimate of drug-likeness (QED) is 0.811. The Morgan fingerprint density at radius 1 is 1.50 bits per heavy atom. The van der Waals surface area contributed by atoms with E-state index < -0.39 is 0 Å². The van der Waals surface area contributed by atoms with Crippen LogP contribution in [-0.4, -0.2) is 40.0 Å². The lowest BCUT2D eigenvalue weighted by Gasteiger charge is -2.04. The molecule has 0 aliphatic rings. The molecule has 2 rings (SSSR count). The fourth-order valence-corrected chi connectivity index (χ4v) is 2.04. The van der Waals surface area contributed by atoms with E-state index in [0.717, 1.165) is 28.9 Å². The van der Waals surface area contributed by atoms with Crippen molar-refractivity contribution in [3.05, 3.63) is 23.1 Å². The highest BCUT2D eigenvalue weighted by molar-refractivity contribution is 5.86. The molecule has 2 aromatic heterocycles. The van der Waals surface area contributed by atoms with Gasteiger partial charge in [-0.1, -0.05) is 0 Å². The van der Waals surface area contributed by atoms with E-state index in [9.17, 15) is 4.79 Å². The van der Waals surface area contributed by atoms with Crippen molar-refractivity contribution >= 4 is 6.29 Å². The highest BCUT2D eigenvalue weighted by atomic mass is 16.5. The molecule has 0 aromatic carbocycles. The van der Waals surface area contributed by atoms with E-state index in [0.29, 0.717) is 18.7 Å². The predicted octanol–water partition coefficient (Wildman–Crippen LogP) is 1.35. The zero-order valence-electron chi connectivity index (χ0n) is 10.7. The molecular formula is C12H16N4O2. The summed E-state index contributed by atoms with van der Waals surface area (Å²) in [5.41, 5.74) is 4.08. The van der Waals surface area contributed by atoms with Gasteiger partial charge in [0, 0.05) is 18.4 Å². The third kappa shape index (κ3) is 2.06. The molecule has 0 aliphatic heterocycles. The van der Waals surface area contributed by atoms with Gasteiger partial charge in [0.25, 0.3) is 0 Å². The second kappa shape index (κ2) is 5.14. The number of hydrogen-bond donors (Lipinski definition) is 1. The van der Waals surface area contributed by atoms with Gasteiger partial charge >= 0.3 is 0 Å². The number of nitrogens with zero attached hydrogens (tertiary/aromatic N) is 3. The number of aromatic amines is 1. The lowest BCUT2D eigenvalue weighted by atomic mass is 10.1. The first-order chi connectivity index (χ1) is 8.69. The van der Waals surface area contributed by atoms with Crippen molar-refractivity contribution in [2.45, 2.75) is 20.4 Å². The highest BCUT2D eigenvalue weighted by Crippen LogP contribution is 2.27. The van der Waals surface area contributed by atoms with Gasteiger partial charge < -0.3 is 4.74 Å². The fraction of sp³-hybridized carbons (Fsp3) is 0.417. The molecule has 0 saturated carbocycles. The van der Waals surface area contributed by atoms with Crippen LogP contribution in [0.4, 0.5) is 0 Å². The van der Waals surface area contributed by atoms with Crippen LogP contribution in [0.15, 0.2) is 6.20 Å². The van der Waals surface area contributed by atoms with Crippen molar-refractivity contribution in [2.24, 2.45) is 0 Å². The molecule has 18 heavy (non-hydrogen) atoms. The van der Waals surface area contributed by atoms with E-state index in [-0.39, 0.29) is 0 Å². The molecule has 6 heteroatoms. The standard InChI is InChI=1S/C12H16N4O2/c1-8-11(12-10(7-17)6-13-14-12)9(2)16(15-8)4-5-18-3/h6-7H,4-5H2,1-3H3,(H,13,14). The summed E-state index contributed by atoms with van der Waals surface area (Å²) in [6, 6.07) is 0. The van der Waals surface area contributed by atoms with Gasteiger partial charge in [-0.15, -0.1) is 0 Å². The number of carbonyl (C=O) groups excluding carboxylic acids is 1. The van der Waals surface area contributed by atoms with Crippen LogP contribution >= 0.6 is 0 Å². The molecule has 0 amide bonds. The molecule has 6 nitrogen and oxygen atoms in total. The molecule has 0 saturated heterocycles. The number of carbonyl (C=O) groups is 1. The normalized spacial score (nSPS) is 10.8. The molecule has 0 bridgehead atoms. The fourth-order valence-electron chi connectivity index (χ4n) is 2.04. The molecule has 0 radical (unpaired) electrons. The lowest BCUT2D eigenvalue weighted by Crippen LogP contribution is -2.07. The molecule has 0 fully saturated rings. The third-order valence-electron chi connectivity index (χ3n) is 2.93. The summed E-state index contributed by atoms with van der Waals surface area (Å²) >= 11 is 0. The maximum atomic E-state index is 11.0. The SMILES string of the molecule is COCCn1nc(C)c(-c2[nH]ncc2C=O)c1C. The maximum Gasteiger partial charge on any atom is 0.153 e. The minimum atomic E-state index is 0.549. The van der Waals surface area contributed by atoms with Gasteiger partial charge in [-0.25, -0.2) is 0 Å². The Hall–Kier alpha value is -1.95. The Kier molecular flexibility index (Phi) is 3.57. The van der Waals surface area contributed by atoms with Gasteiger partial charge in [0.2, 0.25) is 0 Å². The first-order valence-corrected chi connectivity index (χ1v) is 5.71. The number of H-pyrrole nitrogens is 1. The van der Waals surface area contributed by atoms with Gasteiger partial charge in [0.15, 0.2) is 6.29 Å². The molecule has 1 N–H and O–H groups in total. The second-order valence-corrected chi connectivity index (χ2v) is 4.08. The number of rotatable bonds is 5.